The molecule has 1 aliphatic rings. The summed E-state index contributed by atoms with van der Waals surface area (Å²) in [5.41, 5.74) is 0.826. The van der Waals surface area contributed by atoms with Crippen molar-refractivity contribution in [3.63, 3.8) is 0 Å². The molecule has 0 saturated heterocycles. The minimum Gasteiger partial charge on any atom is -0.435 e. The zero-order chi connectivity index (χ0) is 22.0. The van der Waals surface area contributed by atoms with Crippen LogP contribution in [0.4, 0.5) is 18.9 Å². The molecule has 0 bridgehead atoms. The van der Waals surface area contributed by atoms with Gasteiger partial charge in [0.25, 0.3) is 0 Å². The Morgan fingerprint density at radius 1 is 1.16 bits per heavy atom. The number of ether oxygens (including phenoxy) is 1. The van der Waals surface area contributed by atoms with Gasteiger partial charge in [-0.1, -0.05) is 23.9 Å². The maximum absolute atomic E-state index is 14.3. The first-order chi connectivity index (χ1) is 14.9. The lowest BCUT2D eigenvalue weighted by Crippen LogP contribution is -2.23. The molecule has 1 atom stereocenters. The molecule has 3 aromatic rings. The normalized spacial score (nSPS) is 14.5. The summed E-state index contributed by atoms with van der Waals surface area (Å²) in [4.78, 5) is 12.6. The van der Waals surface area contributed by atoms with E-state index in [1.165, 1.54) is 42.1 Å². The molecule has 2 aromatic carbocycles. The third-order valence-electron chi connectivity index (χ3n) is 4.69. The molecule has 1 N–H and O–H groups in total. The number of hydrogen-bond donors (Lipinski definition) is 1. The van der Waals surface area contributed by atoms with Gasteiger partial charge in [-0.3, -0.25) is 9.36 Å². The van der Waals surface area contributed by atoms with E-state index in [1.807, 2.05) is 4.57 Å². The smallest absolute Gasteiger partial charge is 0.387 e. The molecule has 10 heteroatoms. The summed E-state index contributed by atoms with van der Waals surface area (Å²) >= 11 is 1.23. The van der Waals surface area contributed by atoms with Crippen molar-refractivity contribution >= 4 is 23.4 Å². The fraction of sp³-hybridized carbons (Fsp3) is 0.286. The number of anilines is 1. The number of nitrogens with zero attached hydrogens (tertiary/aromatic N) is 3. The molecule has 1 heterocycles. The van der Waals surface area contributed by atoms with Gasteiger partial charge in [0.15, 0.2) is 11.0 Å². The lowest BCUT2D eigenvalue weighted by Gasteiger charge is -2.14. The van der Waals surface area contributed by atoms with Gasteiger partial charge in [0.2, 0.25) is 5.91 Å². The Morgan fingerprint density at radius 2 is 1.87 bits per heavy atom. The van der Waals surface area contributed by atoms with E-state index >= 15 is 0 Å². The first-order valence-electron chi connectivity index (χ1n) is 9.64. The summed E-state index contributed by atoms with van der Waals surface area (Å²) in [6.45, 7) is -1.18. The lowest BCUT2D eigenvalue weighted by atomic mass is 10.2. The minimum absolute atomic E-state index is 0.00799. The van der Waals surface area contributed by atoms with Gasteiger partial charge in [-0.05, 0) is 56.2 Å². The highest BCUT2D eigenvalue weighted by Gasteiger charge is 2.32. The molecule has 31 heavy (non-hydrogen) atoms. The zero-order valence-electron chi connectivity index (χ0n) is 16.5. The Morgan fingerprint density at radius 3 is 2.52 bits per heavy atom. The number of carbonyl (C=O) groups is 1. The van der Waals surface area contributed by atoms with Crippen molar-refractivity contribution in [1.29, 1.82) is 0 Å². The van der Waals surface area contributed by atoms with E-state index in [2.05, 4.69) is 20.3 Å². The highest BCUT2D eigenvalue weighted by atomic mass is 32.2. The fourth-order valence-corrected chi connectivity index (χ4v) is 3.94. The van der Waals surface area contributed by atoms with Crippen LogP contribution in [0.15, 0.2) is 53.7 Å². The van der Waals surface area contributed by atoms with Crippen LogP contribution in [0.5, 0.6) is 5.75 Å². The third kappa shape index (κ3) is 5.01. The Balaban J connectivity index is 1.46. The number of hydrogen-bond acceptors (Lipinski definition) is 5. The topological polar surface area (TPSA) is 69.0 Å². The maximum atomic E-state index is 14.3. The van der Waals surface area contributed by atoms with E-state index in [4.69, 9.17) is 0 Å². The average molecular weight is 448 g/mol. The second-order valence-electron chi connectivity index (χ2n) is 7.04. The largest absolute Gasteiger partial charge is 0.435 e. The number of benzene rings is 2. The standard InChI is InChI=1S/C21H19F3N4O2S/c1-12(19(29)25-13-6-10-15(11-7-13)30-20(23)24)31-21-27-26-18(28(21)14-8-9-14)16-4-2-3-5-17(16)22/h2-7,10-12,14,20H,8-9H2,1H3,(H,25,29). The minimum atomic E-state index is -2.91. The molecule has 0 spiro atoms. The molecule has 0 radical (unpaired) electrons. The van der Waals surface area contributed by atoms with Crippen molar-refractivity contribution in [2.45, 2.75) is 42.8 Å². The van der Waals surface area contributed by atoms with E-state index in [1.54, 1.807) is 25.1 Å². The molecular formula is C21H19F3N4O2S. The first-order valence-corrected chi connectivity index (χ1v) is 10.5. The van der Waals surface area contributed by atoms with Crippen molar-refractivity contribution in [3.8, 4) is 17.1 Å². The Hall–Kier alpha value is -3.01. The van der Waals surface area contributed by atoms with Crippen LogP contribution in [0, 0.1) is 5.82 Å². The number of aromatic nitrogens is 3. The SMILES string of the molecule is CC(Sc1nnc(-c2ccccc2F)n1C1CC1)C(=O)Nc1ccc(OC(F)F)cc1. The highest BCUT2D eigenvalue weighted by Crippen LogP contribution is 2.42. The number of thioether (sulfide) groups is 1. The first kappa shape index (κ1) is 21.2. The van der Waals surface area contributed by atoms with Crippen molar-refractivity contribution in [3.05, 3.63) is 54.3 Å². The summed E-state index contributed by atoms with van der Waals surface area (Å²) in [7, 11) is 0. The van der Waals surface area contributed by atoms with E-state index in [0.29, 0.717) is 22.2 Å². The van der Waals surface area contributed by atoms with Crippen molar-refractivity contribution in [2.75, 3.05) is 5.32 Å². The highest BCUT2D eigenvalue weighted by molar-refractivity contribution is 8.00. The van der Waals surface area contributed by atoms with Gasteiger partial charge in [0.05, 0.1) is 10.8 Å². The van der Waals surface area contributed by atoms with Crippen LogP contribution in [0.1, 0.15) is 25.8 Å². The van der Waals surface area contributed by atoms with Crippen molar-refractivity contribution in [1.82, 2.24) is 14.8 Å². The molecular weight excluding hydrogens is 429 g/mol. The second-order valence-corrected chi connectivity index (χ2v) is 8.35. The Labute approximate surface area is 180 Å². The van der Waals surface area contributed by atoms with Crippen LogP contribution < -0.4 is 10.1 Å². The average Bonchev–Trinajstić information content (AvgIpc) is 3.50. The van der Waals surface area contributed by atoms with Crippen LogP contribution in [-0.4, -0.2) is 32.5 Å². The molecule has 1 saturated carbocycles. The van der Waals surface area contributed by atoms with Gasteiger partial charge in [-0.25, -0.2) is 4.39 Å². The maximum Gasteiger partial charge on any atom is 0.387 e. The van der Waals surface area contributed by atoms with E-state index in [0.717, 1.165) is 12.8 Å². The molecule has 1 fully saturated rings. The van der Waals surface area contributed by atoms with Crippen molar-refractivity contribution in [2.24, 2.45) is 0 Å². The van der Waals surface area contributed by atoms with E-state index in [9.17, 15) is 18.0 Å². The second kappa shape index (κ2) is 9.01. The van der Waals surface area contributed by atoms with Crippen molar-refractivity contribution < 1.29 is 22.7 Å². The third-order valence-corrected chi connectivity index (χ3v) is 5.75. The quantitative estimate of drug-likeness (QED) is 0.484. The number of carbonyl (C=O) groups excluding carboxylic acids is 1. The van der Waals surface area contributed by atoms with Gasteiger partial charge in [0, 0.05) is 11.7 Å². The summed E-state index contributed by atoms with van der Waals surface area (Å²) in [6, 6.07) is 12.2. The molecule has 0 aliphatic heterocycles. The predicted octanol–water partition coefficient (Wildman–Crippen LogP) is 5.14. The molecule has 1 unspecified atom stereocenters. The Bertz CT molecular complexity index is 1070. The molecule has 162 valence electrons. The number of halogens is 3. The van der Waals surface area contributed by atoms with Crippen LogP contribution in [0.2, 0.25) is 0 Å². The number of amides is 1. The summed E-state index contributed by atoms with van der Waals surface area (Å²) < 4.78 is 44.9. The van der Waals surface area contributed by atoms with Crippen LogP contribution in [-0.2, 0) is 4.79 Å². The number of nitrogens with one attached hydrogen (secondary N) is 1. The van der Waals surface area contributed by atoms with Gasteiger partial charge >= 0.3 is 6.61 Å². The Kier molecular flexibility index (Phi) is 6.17. The van der Waals surface area contributed by atoms with Gasteiger partial charge in [0.1, 0.15) is 11.6 Å². The molecule has 6 nitrogen and oxygen atoms in total. The summed E-state index contributed by atoms with van der Waals surface area (Å²) in [5.74, 6) is -0.206. The zero-order valence-corrected chi connectivity index (χ0v) is 17.3. The van der Waals surface area contributed by atoms with Gasteiger partial charge in [-0.15, -0.1) is 10.2 Å². The molecule has 1 aliphatic carbocycles. The molecule has 1 amide bonds. The fourth-order valence-electron chi connectivity index (χ4n) is 3.02. The molecule has 4 rings (SSSR count). The number of rotatable bonds is 8. The summed E-state index contributed by atoms with van der Waals surface area (Å²) in [5, 5.41) is 11.1. The monoisotopic (exact) mass is 448 g/mol. The van der Waals surface area contributed by atoms with Crippen LogP contribution in [0.3, 0.4) is 0 Å². The lowest BCUT2D eigenvalue weighted by molar-refractivity contribution is -0.115. The van der Waals surface area contributed by atoms with Gasteiger partial charge < -0.3 is 10.1 Å². The van der Waals surface area contributed by atoms with E-state index < -0.39 is 11.9 Å². The summed E-state index contributed by atoms with van der Waals surface area (Å²) in [6.07, 6.45) is 1.89. The van der Waals surface area contributed by atoms with Crippen LogP contribution >= 0.6 is 11.8 Å². The predicted molar refractivity (Wildman–Crippen MR) is 111 cm³/mol. The number of alkyl halides is 2. The van der Waals surface area contributed by atoms with Crippen LogP contribution in [0.25, 0.3) is 11.4 Å². The van der Waals surface area contributed by atoms with Gasteiger partial charge in [-0.2, -0.15) is 8.78 Å². The molecule has 1 aromatic heterocycles. The van der Waals surface area contributed by atoms with E-state index in [-0.39, 0.29) is 23.5 Å².